The molecular formula is C23H32N2O4. The fourth-order valence-corrected chi connectivity index (χ4v) is 5.35. The van der Waals surface area contributed by atoms with E-state index in [1.54, 1.807) is 7.11 Å². The fraction of sp³-hybridized carbons (Fsp3) is 0.652. The van der Waals surface area contributed by atoms with Gasteiger partial charge in [-0.15, -0.1) is 0 Å². The van der Waals surface area contributed by atoms with Crippen molar-refractivity contribution in [1.29, 1.82) is 0 Å². The molecule has 29 heavy (non-hydrogen) atoms. The van der Waals surface area contributed by atoms with Crippen LogP contribution in [0.15, 0.2) is 18.2 Å². The number of fused-ring (bicyclic) bond motifs is 1. The molecule has 2 fully saturated rings. The third kappa shape index (κ3) is 3.63. The number of hydrogen-bond donors (Lipinski definition) is 0. The number of carbonyl (C=O) groups is 2. The molecule has 1 aromatic rings. The molecule has 2 saturated heterocycles. The first-order valence-corrected chi connectivity index (χ1v) is 10.9. The Balaban J connectivity index is 1.56. The molecule has 0 bridgehead atoms. The van der Waals surface area contributed by atoms with Crippen LogP contribution in [0.4, 0.5) is 0 Å². The number of ether oxygens (including phenoxy) is 2. The highest BCUT2D eigenvalue weighted by Gasteiger charge is 2.52. The van der Waals surface area contributed by atoms with Crippen molar-refractivity contribution in [3.05, 3.63) is 29.3 Å². The van der Waals surface area contributed by atoms with Crippen molar-refractivity contribution < 1.29 is 19.1 Å². The predicted octanol–water partition coefficient (Wildman–Crippen LogP) is 2.89. The monoisotopic (exact) mass is 400 g/mol. The summed E-state index contributed by atoms with van der Waals surface area (Å²) in [6.07, 6.45) is 5.51. The molecule has 0 radical (unpaired) electrons. The Hall–Kier alpha value is -2.08. The van der Waals surface area contributed by atoms with Gasteiger partial charge in [0.15, 0.2) is 0 Å². The summed E-state index contributed by atoms with van der Waals surface area (Å²) in [7, 11) is 1.66. The van der Waals surface area contributed by atoms with Gasteiger partial charge in [0.05, 0.1) is 18.6 Å². The molecule has 2 atom stereocenters. The van der Waals surface area contributed by atoms with Gasteiger partial charge in [0, 0.05) is 38.3 Å². The molecule has 1 aromatic carbocycles. The molecule has 0 saturated carbocycles. The van der Waals surface area contributed by atoms with E-state index >= 15 is 0 Å². The van der Waals surface area contributed by atoms with Gasteiger partial charge in [-0.3, -0.25) is 9.59 Å². The second kappa shape index (κ2) is 8.34. The Labute approximate surface area is 173 Å². The molecule has 3 aliphatic rings. The van der Waals surface area contributed by atoms with Crippen LogP contribution in [0.5, 0.6) is 5.75 Å². The molecule has 0 unspecified atom stereocenters. The van der Waals surface area contributed by atoms with Crippen LogP contribution >= 0.6 is 0 Å². The van der Waals surface area contributed by atoms with Crippen LogP contribution in [-0.2, 0) is 16.0 Å². The van der Waals surface area contributed by atoms with Crippen LogP contribution in [0.1, 0.15) is 54.9 Å². The van der Waals surface area contributed by atoms with Gasteiger partial charge >= 0.3 is 0 Å². The lowest BCUT2D eigenvalue weighted by Crippen LogP contribution is -2.62. The van der Waals surface area contributed by atoms with Crippen LogP contribution in [0.3, 0.4) is 0 Å². The second-order valence-corrected chi connectivity index (χ2v) is 8.60. The minimum absolute atomic E-state index is 0.0340. The number of likely N-dealkylation sites (tertiary alicyclic amines) is 2. The third-order valence-corrected chi connectivity index (χ3v) is 7.03. The van der Waals surface area contributed by atoms with Crippen LogP contribution in [0, 0.1) is 5.41 Å². The van der Waals surface area contributed by atoms with Gasteiger partial charge in [-0.25, -0.2) is 0 Å². The van der Waals surface area contributed by atoms with Crippen molar-refractivity contribution in [3.63, 3.8) is 0 Å². The largest absolute Gasteiger partial charge is 0.493 e. The first-order valence-electron chi connectivity index (χ1n) is 10.9. The summed E-state index contributed by atoms with van der Waals surface area (Å²) >= 11 is 0. The minimum atomic E-state index is -0.461. The molecule has 1 spiro atoms. The number of methoxy groups -OCH3 is 1. The van der Waals surface area contributed by atoms with Gasteiger partial charge < -0.3 is 19.3 Å². The number of aryl methyl sites for hydroxylation is 1. The van der Waals surface area contributed by atoms with Gasteiger partial charge in [-0.05, 0) is 69.2 Å². The fourth-order valence-electron chi connectivity index (χ4n) is 5.35. The first-order chi connectivity index (χ1) is 14.1. The van der Waals surface area contributed by atoms with Crippen LogP contribution in [0.2, 0.25) is 0 Å². The number of rotatable bonds is 4. The lowest BCUT2D eigenvalue weighted by atomic mass is 9.67. The highest BCUT2D eigenvalue weighted by atomic mass is 16.5. The molecule has 3 heterocycles. The van der Waals surface area contributed by atoms with E-state index in [2.05, 4.69) is 6.92 Å². The predicted molar refractivity (Wildman–Crippen MR) is 110 cm³/mol. The molecule has 0 aliphatic carbocycles. The molecule has 0 N–H and O–H groups in total. The smallest absolute Gasteiger partial charge is 0.254 e. The van der Waals surface area contributed by atoms with E-state index in [4.69, 9.17) is 9.47 Å². The maximum absolute atomic E-state index is 13.4. The summed E-state index contributed by atoms with van der Waals surface area (Å²) in [6, 6.07) is 5.67. The van der Waals surface area contributed by atoms with Crippen LogP contribution in [0.25, 0.3) is 0 Å². The molecule has 0 aromatic heterocycles. The van der Waals surface area contributed by atoms with E-state index in [0.717, 1.165) is 63.0 Å². The average Bonchev–Trinajstić information content (AvgIpc) is 2.75. The lowest BCUT2D eigenvalue weighted by Gasteiger charge is -2.51. The van der Waals surface area contributed by atoms with E-state index in [0.29, 0.717) is 25.3 Å². The number of amides is 2. The SMILES string of the molecule is COCCN1CCC[C@@]2(CCCN(C(=O)c3ccc4c(c3)CCCO4)[C@H]2C)C1=O. The average molecular weight is 401 g/mol. The van der Waals surface area contributed by atoms with Crippen molar-refractivity contribution in [1.82, 2.24) is 9.80 Å². The Kier molecular flexibility index (Phi) is 5.81. The van der Waals surface area contributed by atoms with Gasteiger partial charge in [0.1, 0.15) is 5.75 Å². The van der Waals surface area contributed by atoms with Crippen LogP contribution < -0.4 is 4.74 Å². The van der Waals surface area contributed by atoms with E-state index < -0.39 is 5.41 Å². The van der Waals surface area contributed by atoms with Crippen LogP contribution in [-0.4, -0.2) is 67.6 Å². The zero-order valence-corrected chi connectivity index (χ0v) is 17.6. The first kappa shape index (κ1) is 20.2. The van der Waals surface area contributed by atoms with Crippen molar-refractivity contribution in [2.24, 2.45) is 5.41 Å². The number of carbonyl (C=O) groups excluding carboxylic acids is 2. The Morgan fingerprint density at radius 3 is 2.83 bits per heavy atom. The van der Waals surface area contributed by atoms with Gasteiger partial charge in [0.25, 0.3) is 5.91 Å². The maximum atomic E-state index is 13.4. The van der Waals surface area contributed by atoms with E-state index in [1.807, 2.05) is 28.0 Å². The van der Waals surface area contributed by atoms with Crippen molar-refractivity contribution in [3.8, 4) is 5.75 Å². The molecule has 2 amide bonds. The summed E-state index contributed by atoms with van der Waals surface area (Å²) in [5.41, 5.74) is 1.36. The molecule has 4 rings (SSSR count). The maximum Gasteiger partial charge on any atom is 0.254 e. The number of benzene rings is 1. The van der Waals surface area contributed by atoms with Gasteiger partial charge in [0.2, 0.25) is 5.91 Å². The van der Waals surface area contributed by atoms with E-state index in [1.165, 1.54) is 0 Å². The second-order valence-electron chi connectivity index (χ2n) is 8.60. The molecule has 3 aliphatic heterocycles. The van der Waals surface area contributed by atoms with E-state index in [-0.39, 0.29) is 17.9 Å². The Bertz CT molecular complexity index is 776. The highest BCUT2D eigenvalue weighted by molar-refractivity contribution is 5.96. The normalized spacial score (nSPS) is 27.0. The molecule has 6 heteroatoms. The summed E-state index contributed by atoms with van der Waals surface area (Å²) < 4.78 is 10.9. The zero-order valence-electron chi connectivity index (χ0n) is 17.6. The van der Waals surface area contributed by atoms with Gasteiger partial charge in [-0.2, -0.15) is 0 Å². The summed E-state index contributed by atoms with van der Waals surface area (Å²) in [4.78, 5) is 30.7. The third-order valence-electron chi connectivity index (χ3n) is 7.03. The Morgan fingerprint density at radius 1 is 1.24 bits per heavy atom. The van der Waals surface area contributed by atoms with E-state index in [9.17, 15) is 9.59 Å². The number of hydrogen-bond acceptors (Lipinski definition) is 4. The summed E-state index contributed by atoms with van der Waals surface area (Å²) in [5, 5.41) is 0. The molecule has 6 nitrogen and oxygen atoms in total. The number of piperidine rings is 2. The summed E-state index contributed by atoms with van der Waals surface area (Å²) in [5.74, 6) is 1.13. The number of nitrogens with zero attached hydrogens (tertiary/aromatic N) is 2. The van der Waals surface area contributed by atoms with Crippen molar-refractivity contribution in [2.75, 3.05) is 40.0 Å². The minimum Gasteiger partial charge on any atom is -0.493 e. The van der Waals surface area contributed by atoms with Crippen molar-refractivity contribution in [2.45, 2.75) is 51.5 Å². The van der Waals surface area contributed by atoms with Gasteiger partial charge in [-0.1, -0.05) is 0 Å². The highest BCUT2D eigenvalue weighted by Crippen LogP contribution is 2.44. The standard InChI is InChI=1S/C23H32N2O4/c1-17-23(9-4-11-24(22(23)27)13-15-28-2)10-5-12-25(17)21(26)19-7-8-20-18(16-19)6-3-14-29-20/h7-8,16-17H,3-6,9-15H2,1-2H3/t17-,23-/m0/s1. The topological polar surface area (TPSA) is 59.1 Å². The zero-order chi connectivity index (χ0) is 20.4. The summed E-state index contributed by atoms with van der Waals surface area (Å²) in [6.45, 7) is 5.48. The molecular weight excluding hydrogens is 368 g/mol. The molecule has 158 valence electrons. The Morgan fingerprint density at radius 2 is 2.03 bits per heavy atom. The quantitative estimate of drug-likeness (QED) is 0.780. The van der Waals surface area contributed by atoms with Crippen molar-refractivity contribution >= 4 is 11.8 Å². The lowest BCUT2D eigenvalue weighted by molar-refractivity contribution is -0.154.